The highest BCUT2D eigenvalue weighted by molar-refractivity contribution is 5.88. The highest BCUT2D eigenvalue weighted by Gasteiger charge is 2.35. The van der Waals surface area contributed by atoms with E-state index in [-0.39, 0.29) is 11.3 Å². The van der Waals surface area contributed by atoms with Gasteiger partial charge in [-0.25, -0.2) is 13.9 Å². The minimum atomic E-state index is -4.78. The monoisotopic (exact) mass is 288 g/mol. The number of carboxylic acid groups (broad SMARTS) is 1. The molecule has 1 N–H and O–H groups in total. The summed E-state index contributed by atoms with van der Waals surface area (Å²) in [7, 11) is 0. The molecule has 1 aromatic heterocycles. The van der Waals surface area contributed by atoms with Crippen LogP contribution in [0.1, 0.15) is 21.6 Å². The predicted octanol–water partition coefficient (Wildman–Crippen LogP) is 3.04. The van der Waals surface area contributed by atoms with Gasteiger partial charge in [0.25, 0.3) is 0 Å². The third kappa shape index (κ3) is 2.36. The summed E-state index contributed by atoms with van der Waals surface area (Å²) in [6.45, 7) is 1.32. The lowest BCUT2D eigenvalue weighted by atomic mass is 10.1. The molecule has 106 valence electrons. The van der Waals surface area contributed by atoms with Crippen LogP contribution in [0.4, 0.5) is 17.6 Å². The highest BCUT2D eigenvalue weighted by Crippen LogP contribution is 2.34. The van der Waals surface area contributed by atoms with Gasteiger partial charge in [0.2, 0.25) is 0 Å². The van der Waals surface area contributed by atoms with Crippen LogP contribution in [0, 0.1) is 12.7 Å². The molecule has 1 heterocycles. The molecule has 2 aromatic rings. The first-order valence-corrected chi connectivity index (χ1v) is 5.37. The van der Waals surface area contributed by atoms with Gasteiger partial charge in [-0.1, -0.05) is 0 Å². The zero-order valence-electron chi connectivity index (χ0n) is 10.1. The first kappa shape index (κ1) is 14.0. The number of hydrogen-bond donors (Lipinski definition) is 1. The lowest BCUT2D eigenvalue weighted by Crippen LogP contribution is -2.13. The van der Waals surface area contributed by atoms with Crippen molar-refractivity contribution < 1.29 is 27.5 Å². The van der Waals surface area contributed by atoms with Crippen LogP contribution < -0.4 is 0 Å². The van der Waals surface area contributed by atoms with Crippen LogP contribution in [0.2, 0.25) is 0 Å². The molecular weight excluding hydrogens is 280 g/mol. The molecule has 0 aliphatic rings. The van der Waals surface area contributed by atoms with Crippen molar-refractivity contribution in [1.82, 2.24) is 9.78 Å². The summed E-state index contributed by atoms with van der Waals surface area (Å²) in [5.74, 6) is -2.34. The largest absolute Gasteiger partial charge is 0.478 e. The van der Waals surface area contributed by atoms with E-state index in [1.54, 1.807) is 0 Å². The number of aromatic nitrogens is 2. The molecule has 0 amide bonds. The number of carboxylic acids is 1. The van der Waals surface area contributed by atoms with Crippen molar-refractivity contribution >= 4 is 5.97 Å². The van der Waals surface area contributed by atoms with Gasteiger partial charge in [0.15, 0.2) is 0 Å². The fourth-order valence-electron chi connectivity index (χ4n) is 1.78. The van der Waals surface area contributed by atoms with E-state index < -0.39 is 29.2 Å². The van der Waals surface area contributed by atoms with Gasteiger partial charge in [-0.3, -0.25) is 0 Å². The summed E-state index contributed by atoms with van der Waals surface area (Å²) in [6, 6.07) is 2.10. The van der Waals surface area contributed by atoms with Crippen LogP contribution in [0.3, 0.4) is 0 Å². The quantitative estimate of drug-likeness (QED) is 0.864. The zero-order valence-corrected chi connectivity index (χ0v) is 10.1. The summed E-state index contributed by atoms with van der Waals surface area (Å²) < 4.78 is 52.5. The lowest BCUT2D eigenvalue weighted by Gasteiger charge is -2.14. The van der Waals surface area contributed by atoms with Crippen molar-refractivity contribution in [2.45, 2.75) is 13.1 Å². The van der Waals surface area contributed by atoms with Gasteiger partial charge in [0, 0.05) is 0 Å². The van der Waals surface area contributed by atoms with Crippen molar-refractivity contribution in [3.63, 3.8) is 0 Å². The van der Waals surface area contributed by atoms with Gasteiger partial charge in [0.05, 0.1) is 23.1 Å². The smallest absolute Gasteiger partial charge is 0.418 e. The number of rotatable bonds is 2. The molecule has 0 saturated carbocycles. The molecular formula is C12H8F4N2O2. The molecule has 0 radical (unpaired) electrons. The molecule has 0 unspecified atom stereocenters. The Balaban J connectivity index is 2.68. The van der Waals surface area contributed by atoms with E-state index in [1.165, 1.54) is 6.92 Å². The van der Waals surface area contributed by atoms with Gasteiger partial charge in [-0.05, 0) is 25.1 Å². The maximum atomic E-state index is 13.0. The van der Waals surface area contributed by atoms with Crippen LogP contribution >= 0.6 is 0 Å². The van der Waals surface area contributed by atoms with E-state index in [0.717, 1.165) is 23.0 Å². The number of halogens is 4. The van der Waals surface area contributed by atoms with Crippen molar-refractivity contribution in [3.05, 3.63) is 47.0 Å². The fraction of sp³-hybridized carbons (Fsp3) is 0.167. The van der Waals surface area contributed by atoms with Crippen molar-refractivity contribution in [2.24, 2.45) is 0 Å². The van der Waals surface area contributed by atoms with Crippen LogP contribution in [0.25, 0.3) is 5.69 Å². The highest BCUT2D eigenvalue weighted by atomic mass is 19.4. The number of hydrogen-bond acceptors (Lipinski definition) is 2. The maximum absolute atomic E-state index is 13.0. The molecule has 0 fully saturated rings. The third-order valence-corrected chi connectivity index (χ3v) is 2.73. The van der Waals surface area contributed by atoms with Crippen LogP contribution in [0.15, 0.2) is 24.4 Å². The number of benzene rings is 1. The molecule has 4 nitrogen and oxygen atoms in total. The number of alkyl halides is 3. The predicted molar refractivity (Wildman–Crippen MR) is 60.2 cm³/mol. The fourth-order valence-corrected chi connectivity index (χ4v) is 1.78. The second kappa shape index (κ2) is 4.62. The van der Waals surface area contributed by atoms with Crippen molar-refractivity contribution in [2.75, 3.05) is 0 Å². The SMILES string of the molecule is Cc1c(C(=O)O)cnn1-c1ccc(F)cc1C(F)(F)F. The Bertz CT molecular complexity index is 677. The van der Waals surface area contributed by atoms with Crippen LogP contribution in [-0.4, -0.2) is 20.9 Å². The molecule has 0 bridgehead atoms. The molecule has 0 aliphatic heterocycles. The van der Waals surface area contributed by atoms with Crippen molar-refractivity contribution in [1.29, 1.82) is 0 Å². The maximum Gasteiger partial charge on any atom is 0.418 e. The Morgan fingerprint density at radius 3 is 2.50 bits per heavy atom. The van der Waals surface area contributed by atoms with Gasteiger partial charge in [-0.2, -0.15) is 18.3 Å². The Morgan fingerprint density at radius 2 is 2.00 bits per heavy atom. The molecule has 20 heavy (non-hydrogen) atoms. The number of nitrogens with zero attached hydrogens (tertiary/aromatic N) is 2. The van der Waals surface area contributed by atoms with Gasteiger partial charge < -0.3 is 5.11 Å². The van der Waals surface area contributed by atoms with Crippen LogP contribution in [-0.2, 0) is 6.18 Å². The molecule has 0 aliphatic carbocycles. The van der Waals surface area contributed by atoms with Gasteiger partial charge >= 0.3 is 12.1 Å². The normalized spacial score (nSPS) is 11.7. The molecule has 8 heteroatoms. The minimum absolute atomic E-state index is 0.0228. The van der Waals surface area contributed by atoms with E-state index in [1.807, 2.05) is 0 Å². The van der Waals surface area contributed by atoms with Crippen LogP contribution in [0.5, 0.6) is 0 Å². The summed E-state index contributed by atoms with van der Waals surface area (Å²) in [5, 5.41) is 12.5. The Morgan fingerprint density at radius 1 is 1.35 bits per heavy atom. The molecule has 0 spiro atoms. The number of aromatic carboxylic acids is 1. The minimum Gasteiger partial charge on any atom is -0.478 e. The Kier molecular flexibility index (Phi) is 3.24. The van der Waals surface area contributed by atoms with E-state index >= 15 is 0 Å². The Labute approximate surface area is 110 Å². The molecule has 0 saturated heterocycles. The molecule has 2 rings (SSSR count). The topological polar surface area (TPSA) is 55.1 Å². The van der Waals surface area contributed by atoms with Crippen molar-refractivity contribution in [3.8, 4) is 5.69 Å². The van der Waals surface area contributed by atoms with Gasteiger partial charge in [0.1, 0.15) is 11.4 Å². The standard InChI is InChI=1S/C12H8F4N2O2/c1-6-8(11(19)20)5-17-18(6)10-3-2-7(13)4-9(10)12(14,15)16/h2-5H,1H3,(H,19,20). The van der Waals surface area contributed by atoms with E-state index in [9.17, 15) is 22.4 Å². The summed E-state index contributed by atoms with van der Waals surface area (Å²) in [6.07, 6.45) is -3.83. The third-order valence-electron chi connectivity index (χ3n) is 2.73. The molecule has 1 aromatic carbocycles. The zero-order chi connectivity index (χ0) is 15.1. The van der Waals surface area contributed by atoms with E-state index in [0.29, 0.717) is 6.07 Å². The first-order chi connectivity index (χ1) is 9.21. The van der Waals surface area contributed by atoms with E-state index in [4.69, 9.17) is 5.11 Å². The average Bonchev–Trinajstić information content (AvgIpc) is 2.70. The summed E-state index contributed by atoms with van der Waals surface area (Å²) in [4.78, 5) is 10.9. The Hall–Kier alpha value is -2.38. The molecule has 0 atom stereocenters. The average molecular weight is 288 g/mol. The van der Waals surface area contributed by atoms with E-state index in [2.05, 4.69) is 5.10 Å². The summed E-state index contributed by atoms with van der Waals surface area (Å²) in [5.41, 5.74) is -1.85. The summed E-state index contributed by atoms with van der Waals surface area (Å²) >= 11 is 0. The second-order valence-electron chi connectivity index (χ2n) is 4.02. The lowest BCUT2D eigenvalue weighted by molar-refractivity contribution is -0.137. The van der Waals surface area contributed by atoms with Gasteiger partial charge in [-0.15, -0.1) is 0 Å². The number of carbonyl (C=O) groups is 1. The first-order valence-electron chi connectivity index (χ1n) is 5.37. The second-order valence-corrected chi connectivity index (χ2v) is 4.02.